The van der Waals surface area contributed by atoms with Crippen LogP contribution in [0.5, 0.6) is 0 Å². The Morgan fingerprint density at radius 1 is 1.39 bits per heavy atom. The summed E-state index contributed by atoms with van der Waals surface area (Å²) in [7, 11) is 0. The third kappa shape index (κ3) is 1.81. The summed E-state index contributed by atoms with van der Waals surface area (Å²) in [4.78, 5) is 4.38. The molecule has 2 N–H and O–H groups in total. The van der Waals surface area contributed by atoms with Crippen molar-refractivity contribution in [2.24, 2.45) is 5.73 Å². The lowest BCUT2D eigenvalue weighted by molar-refractivity contribution is 0.415. The highest BCUT2D eigenvalue weighted by atomic mass is 32.1. The topological polar surface area (TPSA) is 64.9 Å². The van der Waals surface area contributed by atoms with Crippen molar-refractivity contribution in [2.75, 3.05) is 0 Å². The van der Waals surface area contributed by atoms with E-state index < -0.39 is 0 Å². The molecule has 0 aliphatic heterocycles. The van der Waals surface area contributed by atoms with E-state index in [0.717, 1.165) is 17.4 Å². The van der Waals surface area contributed by atoms with Crippen LogP contribution >= 0.6 is 11.3 Å². The minimum Gasteiger partial charge on any atom is -0.334 e. The zero-order valence-corrected chi connectivity index (χ0v) is 10.8. The SMILES string of the molecule is CCC(N)c1noc(-c2csc3ccccc23)n1. The van der Waals surface area contributed by atoms with E-state index in [-0.39, 0.29) is 6.04 Å². The Morgan fingerprint density at radius 3 is 3.06 bits per heavy atom. The van der Waals surface area contributed by atoms with E-state index in [1.54, 1.807) is 11.3 Å². The van der Waals surface area contributed by atoms with Gasteiger partial charge in [-0.2, -0.15) is 4.98 Å². The molecule has 2 heterocycles. The first-order chi connectivity index (χ1) is 8.79. The minimum absolute atomic E-state index is 0.160. The van der Waals surface area contributed by atoms with Crippen LogP contribution in [-0.2, 0) is 0 Å². The summed E-state index contributed by atoms with van der Waals surface area (Å²) >= 11 is 1.67. The largest absolute Gasteiger partial charge is 0.334 e. The van der Waals surface area contributed by atoms with Gasteiger partial charge in [0.1, 0.15) is 0 Å². The quantitative estimate of drug-likeness (QED) is 0.783. The van der Waals surface area contributed by atoms with Gasteiger partial charge in [-0.15, -0.1) is 11.3 Å². The molecule has 92 valence electrons. The Morgan fingerprint density at radius 2 is 2.22 bits per heavy atom. The van der Waals surface area contributed by atoms with Gasteiger partial charge in [-0.05, 0) is 12.5 Å². The van der Waals surface area contributed by atoms with Crippen molar-refractivity contribution in [1.82, 2.24) is 10.1 Å². The molecule has 0 amide bonds. The first-order valence-corrected chi connectivity index (χ1v) is 6.73. The number of hydrogen-bond donors (Lipinski definition) is 1. The van der Waals surface area contributed by atoms with Crippen LogP contribution in [0.15, 0.2) is 34.2 Å². The number of nitrogens with zero attached hydrogens (tertiary/aromatic N) is 2. The van der Waals surface area contributed by atoms with Crippen molar-refractivity contribution in [2.45, 2.75) is 19.4 Å². The summed E-state index contributed by atoms with van der Waals surface area (Å²) in [5, 5.41) is 7.13. The van der Waals surface area contributed by atoms with Gasteiger partial charge in [0.2, 0.25) is 0 Å². The highest BCUT2D eigenvalue weighted by Gasteiger charge is 2.16. The summed E-state index contributed by atoms with van der Waals surface area (Å²) in [6, 6.07) is 8.01. The Labute approximate surface area is 108 Å². The third-order valence-corrected chi connectivity index (χ3v) is 3.89. The summed E-state index contributed by atoms with van der Waals surface area (Å²) < 4.78 is 6.52. The van der Waals surface area contributed by atoms with E-state index >= 15 is 0 Å². The van der Waals surface area contributed by atoms with Crippen LogP contribution in [0.3, 0.4) is 0 Å². The lowest BCUT2D eigenvalue weighted by Crippen LogP contribution is -2.10. The van der Waals surface area contributed by atoms with E-state index in [0.29, 0.717) is 11.7 Å². The first-order valence-electron chi connectivity index (χ1n) is 5.85. The maximum absolute atomic E-state index is 5.89. The average molecular weight is 259 g/mol. The molecule has 3 aromatic rings. The standard InChI is InChI=1S/C13H13N3OS/c1-2-10(14)12-15-13(17-16-12)9-7-18-11-6-4-3-5-8(9)11/h3-7,10H,2,14H2,1H3. The Bertz CT molecular complexity index is 673. The zero-order valence-electron chi connectivity index (χ0n) is 9.96. The highest BCUT2D eigenvalue weighted by molar-refractivity contribution is 7.17. The van der Waals surface area contributed by atoms with Crippen molar-refractivity contribution < 1.29 is 4.52 Å². The molecule has 4 nitrogen and oxygen atoms in total. The van der Waals surface area contributed by atoms with Gasteiger partial charge in [-0.1, -0.05) is 30.3 Å². The van der Waals surface area contributed by atoms with E-state index in [1.165, 1.54) is 4.70 Å². The number of thiophene rings is 1. The number of nitrogens with two attached hydrogens (primary N) is 1. The molecule has 18 heavy (non-hydrogen) atoms. The molecule has 1 unspecified atom stereocenters. The number of aromatic nitrogens is 2. The molecule has 3 rings (SSSR count). The van der Waals surface area contributed by atoms with Crippen molar-refractivity contribution in [3.05, 3.63) is 35.5 Å². The second-order valence-corrected chi connectivity index (χ2v) is 5.03. The maximum atomic E-state index is 5.89. The molecule has 0 bridgehead atoms. The summed E-state index contributed by atoms with van der Waals surface area (Å²) in [5.74, 6) is 1.12. The van der Waals surface area contributed by atoms with E-state index in [1.807, 2.05) is 24.4 Å². The number of fused-ring (bicyclic) bond motifs is 1. The lowest BCUT2D eigenvalue weighted by atomic mass is 10.2. The second-order valence-electron chi connectivity index (χ2n) is 4.12. The summed E-state index contributed by atoms with van der Waals surface area (Å²) in [6.07, 6.45) is 0.795. The van der Waals surface area contributed by atoms with Crippen LogP contribution in [0.2, 0.25) is 0 Å². The van der Waals surface area contributed by atoms with Gasteiger partial charge in [0.05, 0.1) is 11.6 Å². The summed E-state index contributed by atoms with van der Waals surface area (Å²) in [5.41, 5.74) is 6.88. The Hall–Kier alpha value is -1.72. The molecule has 0 aliphatic rings. The van der Waals surface area contributed by atoms with Gasteiger partial charge >= 0.3 is 0 Å². The average Bonchev–Trinajstić information content (AvgIpc) is 3.03. The van der Waals surface area contributed by atoms with Gasteiger partial charge in [0.25, 0.3) is 5.89 Å². The second kappa shape index (κ2) is 4.51. The molecule has 1 atom stereocenters. The van der Waals surface area contributed by atoms with Crippen molar-refractivity contribution in [1.29, 1.82) is 0 Å². The molecule has 2 aromatic heterocycles. The molecule has 0 saturated carbocycles. The van der Waals surface area contributed by atoms with Crippen molar-refractivity contribution in [3.63, 3.8) is 0 Å². The van der Waals surface area contributed by atoms with Gasteiger partial charge in [-0.3, -0.25) is 0 Å². The van der Waals surface area contributed by atoms with E-state index in [9.17, 15) is 0 Å². The maximum Gasteiger partial charge on any atom is 0.259 e. The number of benzene rings is 1. The Balaban J connectivity index is 2.07. The monoisotopic (exact) mass is 259 g/mol. The smallest absolute Gasteiger partial charge is 0.259 e. The molecule has 0 fully saturated rings. The van der Waals surface area contributed by atoms with Crippen LogP contribution in [0.4, 0.5) is 0 Å². The third-order valence-electron chi connectivity index (χ3n) is 2.92. The van der Waals surface area contributed by atoms with Crippen LogP contribution in [-0.4, -0.2) is 10.1 Å². The van der Waals surface area contributed by atoms with Crippen LogP contribution in [0.25, 0.3) is 21.5 Å². The van der Waals surface area contributed by atoms with Crippen molar-refractivity contribution >= 4 is 21.4 Å². The van der Waals surface area contributed by atoms with E-state index in [4.69, 9.17) is 10.3 Å². The normalized spacial score (nSPS) is 13.0. The molecule has 5 heteroatoms. The predicted octanol–water partition coefficient (Wildman–Crippen LogP) is 3.36. The van der Waals surface area contributed by atoms with Crippen LogP contribution in [0.1, 0.15) is 25.2 Å². The fourth-order valence-corrected chi connectivity index (χ4v) is 2.76. The van der Waals surface area contributed by atoms with E-state index in [2.05, 4.69) is 22.3 Å². The molecule has 0 spiro atoms. The minimum atomic E-state index is -0.160. The predicted molar refractivity (Wildman–Crippen MR) is 72.3 cm³/mol. The zero-order chi connectivity index (χ0) is 12.5. The highest BCUT2D eigenvalue weighted by Crippen LogP contribution is 2.33. The first kappa shape index (κ1) is 11.4. The summed E-state index contributed by atoms with van der Waals surface area (Å²) in [6.45, 7) is 2.00. The molecule has 1 aromatic carbocycles. The molecule has 0 aliphatic carbocycles. The fourth-order valence-electron chi connectivity index (χ4n) is 1.82. The van der Waals surface area contributed by atoms with Gasteiger partial charge in [0, 0.05) is 15.5 Å². The van der Waals surface area contributed by atoms with Crippen LogP contribution < -0.4 is 5.73 Å². The number of rotatable bonds is 3. The molecular formula is C13H13N3OS. The molecule has 0 saturated heterocycles. The van der Waals surface area contributed by atoms with Gasteiger partial charge in [0.15, 0.2) is 5.82 Å². The lowest BCUT2D eigenvalue weighted by Gasteiger charge is -1.99. The van der Waals surface area contributed by atoms with Gasteiger partial charge < -0.3 is 10.3 Å². The fraction of sp³-hybridized carbons (Fsp3) is 0.231. The molecular weight excluding hydrogens is 246 g/mol. The number of hydrogen-bond acceptors (Lipinski definition) is 5. The van der Waals surface area contributed by atoms with Crippen LogP contribution in [0, 0.1) is 0 Å². The molecule has 0 radical (unpaired) electrons. The van der Waals surface area contributed by atoms with Crippen molar-refractivity contribution in [3.8, 4) is 11.5 Å². The Kier molecular flexibility index (Phi) is 2.85. The van der Waals surface area contributed by atoms with Gasteiger partial charge in [-0.25, -0.2) is 0 Å².